The van der Waals surface area contributed by atoms with Gasteiger partial charge in [0.15, 0.2) is 0 Å². The molecule has 2 aromatic carbocycles. The molecule has 2 aromatic rings. The Labute approximate surface area is 122 Å². The van der Waals surface area contributed by atoms with Crippen LogP contribution in [-0.4, -0.2) is 19.0 Å². The molecule has 0 saturated heterocycles. The van der Waals surface area contributed by atoms with Gasteiger partial charge in [-0.3, -0.25) is 0 Å². The Balaban J connectivity index is 0.00000180. The van der Waals surface area contributed by atoms with Crippen LogP contribution < -0.4 is 0 Å². The zero-order valence-corrected chi connectivity index (χ0v) is 12.2. The first kappa shape index (κ1) is 15.5. The number of hydrogen-bond acceptors (Lipinski definition) is 1. The van der Waals surface area contributed by atoms with Gasteiger partial charge in [0.05, 0.1) is 0 Å². The SMILES string of the molecule is CN(C)Cc1ccccc1C=Cc1ccccc1.Cl. The molecule has 1 nitrogen and oxygen atoms in total. The van der Waals surface area contributed by atoms with Crippen LogP contribution in [0, 0.1) is 0 Å². The van der Waals surface area contributed by atoms with Gasteiger partial charge >= 0.3 is 0 Å². The monoisotopic (exact) mass is 273 g/mol. The Morgan fingerprint density at radius 1 is 0.842 bits per heavy atom. The van der Waals surface area contributed by atoms with Crippen molar-refractivity contribution >= 4 is 24.6 Å². The van der Waals surface area contributed by atoms with E-state index in [1.807, 2.05) is 6.07 Å². The number of hydrogen-bond donors (Lipinski definition) is 0. The van der Waals surface area contributed by atoms with Crippen molar-refractivity contribution in [1.82, 2.24) is 4.90 Å². The van der Waals surface area contributed by atoms with Crippen molar-refractivity contribution in [1.29, 1.82) is 0 Å². The molecule has 2 heteroatoms. The number of halogens is 1. The highest BCUT2D eigenvalue weighted by Crippen LogP contribution is 2.14. The van der Waals surface area contributed by atoms with Crippen molar-refractivity contribution < 1.29 is 0 Å². The van der Waals surface area contributed by atoms with Gasteiger partial charge in [-0.1, -0.05) is 66.7 Å². The molecule has 0 amide bonds. The van der Waals surface area contributed by atoms with Crippen LogP contribution in [0.15, 0.2) is 54.6 Å². The van der Waals surface area contributed by atoms with E-state index in [1.54, 1.807) is 0 Å². The van der Waals surface area contributed by atoms with Gasteiger partial charge in [-0.15, -0.1) is 12.4 Å². The molecule has 0 aliphatic heterocycles. The molecule has 0 atom stereocenters. The van der Waals surface area contributed by atoms with E-state index in [1.165, 1.54) is 16.7 Å². The zero-order chi connectivity index (χ0) is 12.8. The topological polar surface area (TPSA) is 3.24 Å². The van der Waals surface area contributed by atoms with Crippen LogP contribution in [-0.2, 0) is 6.54 Å². The minimum Gasteiger partial charge on any atom is -0.305 e. The third kappa shape index (κ3) is 4.90. The molecule has 0 aromatic heterocycles. The molecule has 100 valence electrons. The molecule has 0 bridgehead atoms. The molecule has 0 saturated carbocycles. The van der Waals surface area contributed by atoms with Crippen LogP contribution >= 0.6 is 12.4 Å². The lowest BCUT2D eigenvalue weighted by Gasteiger charge is -2.12. The van der Waals surface area contributed by atoms with Gasteiger partial charge in [0.2, 0.25) is 0 Å². The fourth-order valence-corrected chi connectivity index (χ4v) is 1.93. The summed E-state index contributed by atoms with van der Waals surface area (Å²) in [4.78, 5) is 2.19. The lowest BCUT2D eigenvalue weighted by molar-refractivity contribution is 0.402. The quantitative estimate of drug-likeness (QED) is 0.749. The summed E-state index contributed by atoms with van der Waals surface area (Å²) in [6.45, 7) is 0.968. The van der Waals surface area contributed by atoms with Gasteiger partial charge in [0.1, 0.15) is 0 Å². The molecular weight excluding hydrogens is 254 g/mol. The average molecular weight is 274 g/mol. The molecular formula is C17H20ClN. The van der Waals surface area contributed by atoms with Crippen LogP contribution in [0.1, 0.15) is 16.7 Å². The highest BCUT2D eigenvalue weighted by atomic mass is 35.5. The van der Waals surface area contributed by atoms with E-state index in [4.69, 9.17) is 0 Å². The van der Waals surface area contributed by atoms with Crippen molar-refractivity contribution in [3.63, 3.8) is 0 Å². The summed E-state index contributed by atoms with van der Waals surface area (Å²) < 4.78 is 0. The number of benzene rings is 2. The molecule has 0 radical (unpaired) electrons. The van der Waals surface area contributed by atoms with Crippen molar-refractivity contribution in [2.24, 2.45) is 0 Å². The van der Waals surface area contributed by atoms with E-state index in [9.17, 15) is 0 Å². The first-order valence-electron chi connectivity index (χ1n) is 6.21. The lowest BCUT2D eigenvalue weighted by atomic mass is 10.1. The van der Waals surface area contributed by atoms with E-state index >= 15 is 0 Å². The van der Waals surface area contributed by atoms with Gasteiger partial charge in [-0.25, -0.2) is 0 Å². The van der Waals surface area contributed by atoms with E-state index < -0.39 is 0 Å². The van der Waals surface area contributed by atoms with E-state index in [0.717, 1.165) is 6.54 Å². The molecule has 0 N–H and O–H groups in total. The minimum atomic E-state index is 0. The van der Waals surface area contributed by atoms with Gasteiger partial charge in [-0.05, 0) is 30.8 Å². The van der Waals surface area contributed by atoms with Crippen LogP contribution in [0.3, 0.4) is 0 Å². The average Bonchev–Trinajstić information content (AvgIpc) is 2.38. The van der Waals surface area contributed by atoms with E-state index in [0.29, 0.717) is 0 Å². The Morgan fingerprint density at radius 3 is 2.16 bits per heavy atom. The number of nitrogens with zero attached hydrogens (tertiary/aromatic N) is 1. The van der Waals surface area contributed by atoms with Crippen LogP contribution in [0.4, 0.5) is 0 Å². The lowest BCUT2D eigenvalue weighted by Crippen LogP contribution is -2.11. The van der Waals surface area contributed by atoms with Crippen molar-refractivity contribution in [3.05, 3.63) is 71.3 Å². The molecule has 0 heterocycles. The van der Waals surface area contributed by atoms with Gasteiger partial charge in [0, 0.05) is 6.54 Å². The van der Waals surface area contributed by atoms with E-state index in [-0.39, 0.29) is 12.4 Å². The second kappa shape index (κ2) is 7.78. The summed E-state index contributed by atoms with van der Waals surface area (Å²) in [5.74, 6) is 0. The molecule has 0 fully saturated rings. The van der Waals surface area contributed by atoms with Crippen LogP contribution in [0.5, 0.6) is 0 Å². The third-order valence-electron chi connectivity index (χ3n) is 2.80. The zero-order valence-electron chi connectivity index (χ0n) is 11.4. The summed E-state index contributed by atoms with van der Waals surface area (Å²) in [5, 5.41) is 0. The largest absolute Gasteiger partial charge is 0.305 e. The first-order valence-corrected chi connectivity index (χ1v) is 6.21. The highest BCUT2D eigenvalue weighted by Gasteiger charge is 1.99. The second-order valence-electron chi connectivity index (χ2n) is 4.68. The maximum Gasteiger partial charge on any atom is 0.0233 e. The van der Waals surface area contributed by atoms with E-state index in [2.05, 4.69) is 79.7 Å². The maximum atomic E-state index is 2.19. The molecule has 2 rings (SSSR count). The Morgan fingerprint density at radius 2 is 1.47 bits per heavy atom. The Hall–Kier alpha value is -1.57. The predicted molar refractivity (Wildman–Crippen MR) is 86.5 cm³/mol. The summed E-state index contributed by atoms with van der Waals surface area (Å²) in [6, 6.07) is 18.9. The molecule has 19 heavy (non-hydrogen) atoms. The number of rotatable bonds is 4. The molecule has 0 aliphatic carbocycles. The van der Waals surface area contributed by atoms with Gasteiger partial charge in [0.25, 0.3) is 0 Å². The fourth-order valence-electron chi connectivity index (χ4n) is 1.93. The van der Waals surface area contributed by atoms with Crippen LogP contribution in [0.2, 0.25) is 0 Å². The minimum absolute atomic E-state index is 0. The fraction of sp³-hybridized carbons (Fsp3) is 0.176. The standard InChI is InChI=1S/C17H19N.ClH/c1-18(2)14-17-11-7-6-10-16(17)13-12-15-8-4-3-5-9-15;/h3-13H,14H2,1-2H3;1H. The summed E-state index contributed by atoms with van der Waals surface area (Å²) in [6.07, 6.45) is 4.35. The third-order valence-corrected chi connectivity index (χ3v) is 2.80. The molecule has 0 unspecified atom stereocenters. The predicted octanol–water partition coefficient (Wildman–Crippen LogP) is 4.34. The van der Waals surface area contributed by atoms with Crippen molar-refractivity contribution in [3.8, 4) is 0 Å². The second-order valence-corrected chi connectivity index (χ2v) is 4.68. The first-order chi connectivity index (χ1) is 8.75. The van der Waals surface area contributed by atoms with Gasteiger partial charge < -0.3 is 4.90 Å². The maximum absolute atomic E-state index is 2.19. The smallest absolute Gasteiger partial charge is 0.0233 e. The van der Waals surface area contributed by atoms with Crippen molar-refractivity contribution in [2.45, 2.75) is 6.54 Å². The molecule has 0 aliphatic rings. The Bertz CT molecular complexity index is 518. The van der Waals surface area contributed by atoms with Gasteiger partial charge in [-0.2, -0.15) is 0 Å². The highest BCUT2D eigenvalue weighted by molar-refractivity contribution is 5.85. The summed E-state index contributed by atoms with van der Waals surface area (Å²) in [5.41, 5.74) is 3.88. The normalized spacial score (nSPS) is 10.7. The Kier molecular flexibility index (Phi) is 6.34. The molecule has 0 spiro atoms. The summed E-state index contributed by atoms with van der Waals surface area (Å²) >= 11 is 0. The summed E-state index contributed by atoms with van der Waals surface area (Å²) in [7, 11) is 4.19. The van der Waals surface area contributed by atoms with Crippen LogP contribution in [0.25, 0.3) is 12.2 Å². The van der Waals surface area contributed by atoms with Crippen molar-refractivity contribution in [2.75, 3.05) is 14.1 Å².